The first-order chi connectivity index (χ1) is 12.8. The van der Waals surface area contributed by atoms with E-state index in [2.05, 4.69) is 34.5 Å². The zero-order chi connectivity index (χ0) is 17.8. The first-order valence-corrected chi connectivity index (χ1v) is 9.36. The Morgan fingerprint density at radius 3 is 2.62 bits per heavy atom. The Balaban J connectivity index is 1.58. The van der Waals surface area contributed by atoms with Crippen molar-refractivity contribution in [1.29, 1.82) is 0 Å². The summed E-state index contributed by atoms with van der Waals surface area (Å²) in [5, 5.41) is 11.4. The number of rotatable bonds is 4. The molecule has 3 aromatic carbocycles. The Morgan fingerprint density at radius 2 is 1.73 bits per heavy atom. The first-order valence-electron chi connectivity index (χ1n) is 8.37. The Kier molecular flexibility index (Phi) is 4.80. The molecule has 0 spiro atoms. The molecule has 1 saturated heterocycles. The number of fused-ring (bicyclic) bond motifs is 1. The minimum Gasteiger partial charge on any atom is -0.285 e. The van der Waals surface area contributed by atoms with E-state index < -0.39 is 0 Å². The zero-order valence-corrected chi connectivity index (χ0v) is 14.9. The van der Waals surface area contributed by atoms with Gasteiger partial charge in [0.05, 0.1) is 18.5 Å². The number of benzene rings is 3. The third kappa shape index (κ3) is 3.53. The Morgan fingerprint density at radius 1 is 0.962 bits per heavy atom. The molecule has 0 aliphatic carbocycles. The molecule has 26 heavy (non-hydrogen) atoms. The van der Waals surface area contributed by atoms with Crippen LogP contribution in [0.4, 0.5) is 0 Å². The van der Waals surface area contributed by atoms with Gasteiger partial charge in [-0.05, 0) is 21.9 Å². The average Bonchev–Trinajstić information content (AvgIpc) is 3.03. The molecule has 0 N–H and O–H groups in total. The van der Waals surface area contributed by atoms with Gasteiger partial charge in [-0.2, -0.15) is 5.10 Å². The summed E-state index contributed by atoms with van der Waals surface area (Å²) in [6, 6.07) is 24.2. The molecule has 1 aliphatic rings. The van der Waals surface area contributed by atoms with Gasteiger partial charge in [0.1, 0.15) is 0 Å². The normalized spacial score (nSPS) is 16.2. The van der Waals surface area contributed by atoms with Gasteiger partial charge in [-0.3, -0.25) is 9.69 Å². The van der Waals surface area contributed by atoms with Gasteiger partial charge in [-0.1, -0.05) is 84.6 Å². The topological polar surface area (TPSA) is 45.0 Å². The molecule has 0 unspecified atom stereocenters. The summed E-state index contributed by atoms with van der Waals surface area (Å²) < 4.78 is 0. The van der Waals surface area contributed by atoms with Crippen LogP contribution in [0, 0.1) is 0 Å². The molecule has 0 radical (unpaired) electrons. The number of carbonyl (C=O) groups is 1. The number of hydrogen-bond acceptors (Lipinski definition) is 4. The summed E-state index contributed by atoms with van der Waals surface area (Å²) in [5.41, 5.74) is 2.09. The highest BCUT2D eigenvalue weighted by atomic mass is 32.2. The van der Waals surface area contributed by atoms with Gasteiger partial charge in [0, 0.05) is 0 Å². The molecule has 0 atom stereocenters. The lowest BCUT2D eigenvalue weighted by molar-refractivity contribution is -0.124. The Labute approximate surface area is 156 Å². The van der Waals surface area contributed by atoms with E-state index in [0.717, 1.165) is 16.5 Å². The summed E-state index contributed by atoms with van der Waals surface area (Å²) in [7, 11) is 0. The maximum atomic E-state index is 12.3. The van der Waals surface area contributed by atoms with Crippen molar-refractivity contribution in [2.24, 2.45) is 10.2 Å². The highest BCUT2D eigenvalue weighted by Crippen LogP contribution is 2.25. The molecular formula is C21H17N3OS. The number of hydrogen-bond donors (Lipinski definition) is 0. The maximum Gasteiger partial charge on any atom is 0.239 e. The van der Waals surface area contributed by atoms with Gasteiger partial charge in [0.25, 0.3) is 0 Å². The Hall–Kier alpha value is -2.92. The van der Waals surface area contributed by atoms with Crippen molar-refractivity contribution < 1.29 is 4.79 Å². The number of amidine groups is 1. The quantitative estimate of drug-likeness (QED) is 0.515. The smallest absolute Gasteiger partial charge is 0.239 e. The molecule has 1 fully saturated rings. The van der Waals surface area contributed by atoms with Crippen molar-refractivity contribution in [3.63, 3.8) is 0 Å². The van der Waals surface area contributed by atoms with E-state index in [-0.39, 0.29) is 5.91 Å². The van der Waals surface area contributed by atoms with Gasteiger partial charge >= 0.3 is 0 Å². The third-order valence-corrected chi connectivity index (χ3v) is 5.17. The molecule has 1 aliphatic heterocycles. The highest BCUT2D eigenvalue weighted by molar-refractivity contribution is 8.15. The van der Waals surface area contributed by atoms with Crippen molar-refractivity contribution in [3.8, 4) is 0 Å². The summed E-state index contributed by atoms with van der Waals surface area (Å²) in [6.07, 6.45) is 1.70. The van der Waals surface area contributed by atoms with Crippen molar-refractivity contribution in [1.82, 2.24) is 4.90 Å². The predicted octanol–water partition coefficient (Wildman–Crippen LogP) is 4.31. The van der Waals surface area contributed by atoms with E-state index in [0.29, 0.717) is 17.5 Å². The van der Waals surface area contributed by atoms with Crippen LogP contribution in [0.5, 0.6) is 0 Å². The lowest BCUT2D eigenvalue weighted by Crippen LogP contribution is -2.28. The summed E-state index contributed by atoms with van der Waals surface area (Å²) in [5.74, 6) is 0.473. The lowest BCUT2D eigenvalue weighted by atomic mass is 10.0. The molecule has 5 heteroatoms. The average molecular weight is 359 g/mol. The maximum absolute atomic E-state index is 12.3. The third-order valence-electron chi connectivity index (χ3n) is 4.21. The van der Waals surface area contributed by atoms with Crippen LogP contribution in [0.25, 0.3) is 10.8 Å². The summed E-state index contributed by atoms with van der Waals surface area (Å²) >= 11 is 1.43. The van der Waals surface area contributed by atoms with Crippen LogP contribution >= 0.6 is 11.8 Å². The standard InChI is InChI=1S/C21H17N3OS/c25-20-15-26-21(23-22-13-16-7-2-1-3-8-16)24(20)14-18-11-6-10-17-9-4-5-12-19(17)18/h1-13H,14-15H2/b22-13+,23-21+. The van der Waals surface area contributed by atoms with Crippen LogP contribution < -0.4 is 0 Å². The van der Waals surface area contributed by atoms with Crippen LogP contribution in [-0.2, 0) is 11.3 Å². The van der Waals surface area contributed by atoms with E-state index in [4.69, 9.17) is 0 Å². The molecule has 0 saturated carbocycles. The van der Waals surface area contributed by atoms with Crippen LogP contribution in [0.15, 0.2) is 83.0 Å². The van der Waals surface area contributed by atoms with Gasteiger partial charge in [-0.25, -0.2) is 0 Å². The fourth-order valence-electron chi connectivity index (χ4n) is 2.91. The molecule has 0 bridgehead atoms. The minimum absolute atomic E-state index is 0.0663. The fourth-order valence-corrected chi connectivity index (χ4v) is 3.75. The van der Waals surface area contributed by atoms with Crippen LogP contribution in [0.3, 0.4) is 0 Å². The van der Waals surface area contributed by atoms with E-state index >= 15 is 0 Å². The number of thioether (sulfide) groups is 1. The lowest BCUT2D eigenvalue weighted by Gasteiger charge is -2.16. The first kappa shape index (κ1) is 16.5. The number of nitrogens with zero attached hydrogens (tertiary/aromatic N) is 3. The SMILES string of the molecule is O=C1CS/C(=N/N=C/c2ccccc2)N1Cc1cccc2ccccc12. The van der Waals surface area contributed by atoms with E-state index in [1.165, 1.54) is 17.1 Å². The van der Waals surface area contributed by atoms with Gasteiger partial charge in [0.15, 0.2) is 5.17 Å². The summed E-state index contributed by atoms with van der Waals surface area (Å²) in [6.45, 7) is 0.507. The molecule has 4 rings (SSSR count). The van der Waals surface area contributed by atoms with Crippen molar-refractivity contribution >= 4 is 39.8 Å². The van der Waals surface area contributed by atoms with Gasteiger partial charge < -0.3 is 0 Å². The predicted molar refractivity (Wildman–Crippen MR) is 108 cm³/mol. The second kappa shape index (κ2) is 7.54. The second-order valence-corrected chi connectivity index (χ2v) is 6.89. The van der Waals surface area contributed by atoms with Crippen LogP contribution in [0.1, 0.15) is 11.1 Å². The molecule has 1 heterocycles. The van der Waals surface area contributed by atoms with Crippen LogP contribution in [0.2, 0.25) is 0 Å². The number of carbonyl (C=O) groups excluding carboxylic acids is 1. The van der Waals surface area contributed by atoms with Crippen molar-refractivity contribution in [3.05, 3.63) is 83.9 Å². The molecule has 3 aromatic rings. The van der Waals surface area contributed by atoms with Gasteiger partial charge in [-0.15, -0.1) is 5.10 Å². The Bertz CT molecular complexity index is 993. The number of amides is 1. The molecule has 0 aromatic heterocycles. The summed E-state index contributed by atoms with van der Waals surface area (Å²) in [4.78, 5) is 14.0. The fraction of sp³-hybridized carbons (Fsp3) is 0.0952. The van der Waals surface area contributed by atoms with Crippen molar-refractivity contribution in [2.75, 3.05) is 5.75 Å². The minimum atomic E-state index is 0.0663. The molecule has 1 amide bonds. The molecular weight excluding hydrogens is 342 g/mol. The molecule has 4 nitrogen and oxygen atoms in total. The van der Waals surface area contributed by atoms with E-state index in [1.807, 2.05) is 48.5 Å². The largest absolute Gasteiger partial charge is 0.285 e. The van der Waals surface area contributed by atoms with Crippen LogP contribution in [-0.4, -0.2) is 27.9 Å². The monoisotopic (exact) mass is 359 g/mol. The van der Waals surface area contributed by atoms with E-state index in [1.54, 1.807) is 11.1 Å². The van der Waals surface area contributed by atoms with Gasteiger partial charge in [0.2, 0.25) is 5.91 Å². The van der Waals surface area contributed by atoms with Crippen molar-refractivity contribution in [2.45, 2.75) is 6.54 Å². The zero-order valence-electron chi connectivity index (χ0n) is 14.1. The highest BCUT2D eigenvalue weighted by Gasteiger charge is 2.28. The second-order valence-electron chi connectivity index (χ2n) is 5.94. The van der Waals surface area contributed by atoms with E-state index in [9.17, 15) is 4.79 Å². The molecule has 128 valence electrons.